The number of nitrogens with two attached hydrogens (primary N) is 1. The molecule has 0 aliphatic rings. The first-order valence-electron chi connectivity index (χ1n) is 19.1. The molecule has 1 aromatic heterocycles. The van der Waals surface area contributed by atoms with Crippen LogP contribution in [-0.4, -0.2) is 60.7 Å². The Balaban J connectivity index is 1.07. The molecule has 1 heterocycles. The average molecular weight is 818 g/mol. The third-order valence-electron chi connectivity index (χ3n) is 9.98. The van der Waals surface area contributed by atoms with Crippen LogP contribution < -0.4 is 26.4 Å². The zero-order valence-corrected chi connectivity index (χ0v) is 33.6. The quantitative estimate of drug-likeness (QED) is 0.0453. The van der Waals surface area contributed by atoms with Crippen molar-refractivity contribution < 1.29 is 38.1 Å². The molecule has 6 aromatic rings. The summed E-state index contributed by atoms with van der Waals surface area (Å²) >= 11 is 0. The molecule has 0 spiro atoms. The molecule has 59 heavy (non-hydrogen) atoms. The smallest absolute Gasteiger partial charge is 0.255 e. The summed E-state index contributed by atoms with van der Waals surface area (Å²) < 4.78 is 33.6. The van der Waals surface area contributed by atoms with Crippen LogP contribution in [0.2, 0.25) is 0 Å². The van der Waals surface area contributed by atoms with Gasteiger partial charge in [-0.15, -0.1) is 0 Å². The molecular weight excluding hydrogens is 771 g/mol. The molecule has 306 valence electrons. The zero-order chi connectivity index (χ0) is 42.1. The van der Waals surface area contributed by atoms with Crippen LogP contribution in [-0.2, 0) is 22.9 Å². The second kappa shape index (κ2) is 19.0. The lowest BCUT2D eigenvalue weighted by Crippen LogP contribution is -2.22. The van der Waals surface area contributed by atoms with Gasteiger partial charge in [-0.2, -0.15) is 0 Å². The van der Waals surface area contributed by atoms with Gasteiger partial charge in [-0.05, 0) is 116 Å². The lowest BCUT2D eigenvalue weighted by Gasteiger charge is -2.16. The molecule has 8 N–H and O–H groups in total. The molecular formula is C45H47N5O8S. The number of anilines is 3. The lowest BCUT2D eigenvalue weighted by atomic mass is 10.0. The predicted molar refractivity (Wildman–Crippen MR) is 227 cm³/mol. The van der Waals surface area contributed by atoms with Crippen molar-refractivity contribution in [1.29, 1.82) is 0 Å². The highest BCUT2D eigenvalue weighted by molar-refractivity contribution is 7.91. The minimum Gasteiger partial charge on any atom is -0.508 e. The van der Waals surface area contributed by atoms with Crippen LogP contribution in [0.5, 0.6) is 11.5 Å². The molecule has 14 heteroatoms. The van der Waals surface area contributed by atoms with Gasteiger partial charge < -0.3 is 41.7 Å². The molecule has 0 aliphatic carbocycles. The molecule has 0 aliphatic heterocycles. The normalized spacial score (nSPS) is 11.9. The Kier molecular flexibility index (Phi) is 13.6. The van der Waals surface area contributed by atoms with E-state index in [1.165, 1.54) is 49.7 Å². The monoisotopic (exact) mass is 817 g/mol. The summed E-state index contributed by atoms with van der Waals surface area (Å²) in [5, 5.41) is 39.2. The standard InChI is InChI=1S/C45H47N5O8S/c1-28-20-37(24-38-42(28)48-25-39(44(46)54)43(38)49-34-10-7-11-35(23-34)58-2)59(56,57)36-12-6-9-31(22-36)45(55)50-33-16-13-29(14-17-33)8-4-3-5-19-47-26-41(53)30-15-18-40(52)32(21-30)27-51/h6-7,9-18,20-25,41,47,51-53H,3-5,8,19,26-27H2,1-2H3,(H2,46,54)(H,48,49)(H,50,55)/t41-/m0/s1. The van der Waals surface area contributed by atoms with Gasteiger partial charge in [0.25, 0.3) is 11.8 Å². The number of nitrogens with zero attached hydrogens (tertiary/aromatic N) is 1. The van der Waals surface area contributed by atoms with E-state index in [-0.39, 0.29) is 33.3 Å². The topological polar surface area (TPSA) is 213 Å². The summed E-state index contributed by atoms with van der Waals surface area (Å²) in [6.07, 6.45) is 4.30. The van der Waals surface area contributed by atoms with E-state index in [4.69, 9.17) is 10.5 Å². The number of hydrogen-bond donors (Lipinski definition) is 7. The number of carbonyl (C=O) groups is 2. The number of rotatable bonds is 18. The molecule has 0 saturated heterocycles. The number of carbonyl (C=O) groups excluding carboxylic acids is 2. The summed E-state index contributed by atoms with van der Waals surface area (Å²) in [5.74, 6) is -0.642. The van der Waals surface area contributed by atoms with Crippen LogP contribution in [0.15, 0.2) is 119 Å². The maximum atomic E-state index is 14.1. The van der Waals surface area contributed by atoms with Crippen LogP contribution >= 0.6 is 0 Å². The van der Waals surface area contributed by atoms with Gasteiger partial charge in [0.1, 0.15) is 11.5 Å². The van der Waals surface area contributed by atoms with Gasteiger partial charge in [0.2, 0.25) is 9.84 Å². The number of hydrogen-bond acceptors (Lipinski definition) is 11. The first kappa shape index (κ1) is 42.3. The number of fused-ring (bicyclic) bond motifs is 1. The number of methoxy groups -OCH3 is 1. The van der Waals surface area contributed by atoms with Crippen LogP contribution in [0.25, 0.3) is 10.9 Å². The highest BCUT2D eigenvalue weighted by atomic mass is 32.2. The average Bonchev–Trinajstić information content (AvgIpc) is 3.24. The maximum Gasteiger partial charge on any atom is 0.255 e. The van der Waals surface area contributed by atoms with Gasteiger partial charge >= 0.3 is 0 Å². The second-order valence-electron chi connectivity index (χ2n) is 14.2. The van der Waals surface area contributed by atoms with Crippen LogP contribution in [0.4, 0.5) is 17.1 Å². The minimum atomic E-state index is -4.16. The number of amides is 2. The minimum absolute atomic E-state index is 0.000594. The van der Waals surface area contributed by atoms with E-state index in [9.17, 15) is 33.3 Å². The van der Waals surface area contributed by atoms with Crippen molar-refractivity contribution in [2.24, 2.45) is 5.73 Å². The highest BCUT2D eigenvalue weighted by Gasteiger charge is 2.24. The second-order valence-corrected chi connectivity index (χ2v) is 16.1. The first-order valence-corrected chi connectivity index (χ1v) is 20.6. The maximum absolute atomic E-state index is 14.1. The third-order valence-corrected chi connectivity index (χ3v) is 11.7. The number of aromatic nitrogens is 1. The summed E-state index contributed by atoms with van der Waals surface area (Å²) in [7, 11) is -2.62. The molecule has 0 bridgehead atoms. The van der Waals surface area contributed by atoms with Crippen LogP contribution in [0, 0.1) is 6.92 Å². The third kappa shape index (κ3) is 10.2. The van der Waals surface area contributed by atoms with Crippen molar-refractivity contribution >= 4 is 49.6 Å². The fraction of sp³-hybridized carbons (Fsp3) is 0.222. The Morgan fingerprint density at radius 1 is 0.881 bits per heavy atom. The number of aromatic hydroxyl groups is 1. The van der Waals surface area contributed by atoms with E-state index in [0.29, 0.717) is 56.9 Å². The molecule has 6 rings (SSSR count). The molecule has 0 fully saturated rings. The predicted octanol–water partition coefficient (Wildman–Crippen LogP) is 6.71. The molecule has 13 nitrogen and oxygen atoms in total. The van der Waals surface area contributed by atoms with Gasteiger partial charge in [-0.1, -0.05) is 36.8 Å². The number of primary amides is 1. The highest BCUT2D eigenvalue weighted by Crippen LogP contribution is 2.35. The Morgan fingerprint density at radius 2 is 1.66 bits per heavy atom. The zero-order valence-electron chi connectivity index (χ0n) is 32.7. The van der Waals surface area contributed by atoms with Crippen molar-refractivity contribution in [3.63, 3.8) is 0 Å². The van der Waals surface area contributed by atoms with E-state index in [1.807, 2.05) is 24.3 Å². The summed E-state index contributed by atoms with van der Waals surface area (Å²) in [5.41, 5.74) is 10.5. The number of aliphatic hydroxyl groups is 2. The molecule has 5 aromatic carbocycles. The van der Waals surface area contributed by atoms with Crippen LogP contribution in [0.3, 0.4) is 0 Å². The Bertz CT molecular complexity index is 2580. The molecule has 1 atom stereocenters. The van der Waals surface area contributed by atoms with Crippen molar-refractivity contribution in [1.82, 2.24) is 10.3 Å². The van der Waals surface area contributed by atoms with E-state index < -0.39 is 27.8 Å². The van der Waals surface area contributed by atoms with Crippen molar-refractivity contribution in [3.05, 3.63) is 143 Å². The fourth-order valence-electron chi connectivity index (χ4n) is 6.72. The number of pyridine rings is 1. The van der Waals surface area contributed by atoms with Crippen molar-refractivity contribution in [2.75, 3.05) is 30.8 Å². The van der Waals surface area contributed by atoms with Crippen molar-refractivity contribution in [3.8, 4) is 11.5 Å². The summed E-state index contributed by atoms with van der Waals surface area (Å²) in [6.45, 7) is 2.52. The number of nitrogens with one attached hydrogen (secondary N) is 3. The van der Waals surface area contributed by atoms with E-state index >= 15 is 0 Å². The van der Waals surface area contributed by atoms with E-state index in [0.717, 1.165) is 37.8 Å². The first-order chi connectivity index (χ1) is 28.4. The number of aryl methyl sites for hydroxylation is 2. The number of sulfone groups is 1. The number of phenols is 1. The molecule has 0 unspecified atom stereocenters. The van der Waals surface area contributed by atoms with E-state index in [2.05, 4.69) is 20.9 Å². The largest absolute Gasteiger partial charge is 0.508 e. The van der Waals surface area contributed by atoms with Crippen LogP contribution in [0.1, 0.15) is 68.3 Å². The van der Waals surface area contributed by atoms with Gasteiger partial charge in [-0.25, -0.2) is 8.42 Å². The van der Waals surface area contributed by atoms with Gasteiger partial charge in [0, 0.05) is 46.7 Å². The Morgan fingerprint density at radius 3 is 2.41 bits per heavy atom. The SMILES string of the molecule is COc1cccc(Nc2c(C(N)=O)cnc3c(C)cc(S(=O)(=O)c4cccc(C(=O)Nc5ccc(CCCCCNC[C@H](O)c6ccc(O)c(CO)c6)cc5)c4)cc23)c1. The lowest BCUT2D eigenvalue weighted by molar-refractivity contribution is 0.0998. The van der Waals surface area contributed by atoms with E-state index in [1.54, 1.807) is 49.4 Å². The summed E-state index contributed by atoms with van der Waals surface area (Å²) in [4.78, 5) is 30.2. The van der Waals surface area contributed by atoms with Gasteiger partial charge in [0.15, 0.2) is 0 Å². The van der Waals surface area contributed by atoms with Crippen molar-refractivity contribution in [2.45, 2.75) is 55.1 Å². The molecule has 0 radical (unpaired) electrons. The molecule has 0 saturated carbocycles. The Labute approximate surface area is 342 Å². The number of ether oxygens (including phenoxy) is 1. The number of aliphatic hydroxyl groups excluding tert-OH is 2. The number of benzene rings is 5. The van der Waals surface area contributed by atoms with Gasteiger partial charge in [-0.3, -0.25) is 14.6 Å². The Hall–Kier alpha value is -6.32. The molecule has 2 amide bonds. The van der Waals surface area contributed by atoms with Gasteiger partial charge in [0.05, 0.1) is 46.4 Å². The summed E-state index contributed by atoms with van der Waals surface area (Å²) in [6, 6.07) is 28.0. The number of unbranched alkanes of at least 4 members (excludes halogenated alkanes) is 2. The fourth-order valence-corrected chi connectivity index (χ4v) is 8.14.